The highest BCUT2D eigenvalue weighted by atomic mass is 19.1. The van der Waals surface area contributed by atoms with Gasteiger partial charge in [0.25, 0.3) is 0 Å². The zero-order valence-corrected chi connectivity index (χ0v) is 11.2. The number of amidine groups is 1. The fourth-order valence-electron chi connectivity index (χ4n) is 2.44. The molecule has 0 saturated heterocycles. The average molecular weight is 264 g/mol. The molecule has 0 bridgehead atoms. The van der Waals surface area contributed by atoms with Gasteiger partial charge in [0.1, 0.15) is 17.7 Å². The fraction of sp³-hybridized carbons (Fsp3) is 0.429. The Morgan fingerprint density at radius 2 is 2.16 bits per heavy atom. The summed E-state index contributed by atoms with van der Waals surface area (Å²) in [4.78, 5) is 13.5. The molecule has 19 heavy (non-hydrogen) atoms. The Hall–Kier alpha value is -1.91. The van der Waals surface area contributed by atoms with E-state index in [0.29, 0.717) is 12.1 Å². The van der Waals surface area contributed by atoms with E-state index in [1.807, 2.05) is 13.8 Å². The lowest BCUT2D eigenvalue weighted by Crippen LogP contribution is -2.45. The Morgan fingerprint density at radius 3 is 2.74 bits per heavy atom. The van der Waals surface area contributed by atoms with Crippen LogP contribution in [-0.2, 0) is 16.1 Å². The number of esters is 1. The van der Waals surface area contributed by atoms with Gasteiger partial charge in [-0.25, -0.2) is 9.18 Å². The van der Waals surface area contributed by atoms with Crippen LogP contribution in [-0.4, -0.2) is 29.9 Å². The zero-order valence-electron chi connectivity index (χ0n) is 11.2. The molecule has 1 aromatic carbocycles. The lowest BCUT2D eigenvalue weighted by molar-refractivity contribution is -0.147. The van der Waals surface area contributed by atoms with Crippen LogP contribution in [0.25, 0.3) is 0 Å². The van der Waals surface area contributed by atoms with Gasteiger partial charge in [-0.1, -0.05) is 19.9 Å². The number of rotatable bonds is 3. The summed E-state index contributed by atoms with van der Waals surface area (Å²) in [5.74, 6) is -0.553. The normalized spacial score (nSPS) is 15.6. The number of halogens is 1. The van der Waals surface area contributed by atoms with Crippen LogP contribution < -0.4 is 0 Å². The number of hydrogen-bond acceptors (Lipinski definition) is 3. The van der Waals surface area contributed by atoms with Crippen LogP contribution in [0.1, 0.15) is 25.0 Å². The van der Waals surface area contributed by atoms with Crippen LogP contribution in [0.3, 0.4) is 0 Å². The van der Waals surface area contributed by atoms with Gasteiger partial charge in [-0.15, -0.1) is 0 Å². The molecule has 0 radical (unpaired) electrons. The molecule has 0 amide bonds. The highest BCUT2D eigenvalue weighted by Crippen LogP contribution is 2.28. The predicted octanol–water partition coefficient (Wildman–Crippen LogP) is 2.16. The number of fused-ring (bicyclic) bond motifs is 1. The Balaban J connectivity index is 2.34. The quantitative estimate of drug-likeness (QED) is 0.851. The van der Waals surface area contributed by atoms with Crippen molar-refractivity contribution in [3.63, 3.8) is 0 Å². The Bertz CT molecular complexity index is 528. The molecule has 102 valence electrons. The van der Waals surface area contributed by atoms with Crippen molar-refractivity contribution in [3.05, 3.63) is 35.1 Å². The lowest BCUT2D eigenvalue weighted by atomic mass is 10.0. The Morgan fingerprint density at radius 1 is 1.47 bits per heavy atom. The van der Waals surface area contributed by atoms with E-state index >= 15 is 0 Å². The number of ether oxygens (including phenoxy) is 1. The molecule has 0 aliphatic carbocycles. The van der Waals surface area contributed by atoms with Gasteiger partial charge in [0.2, 0.25) is 0 Å². The van der Waals surface area contributed by atoms with Gasteiger partial charge in [-0.05, 0) is 23.6 Å². The van der Waals surface area contributed by atoms with Crippen molar-refractivity contribution in [1.82, 2.24) is 4.90 Å². The van der Waals surface area contributed by atoms with Gasteiger partial charge in [0.05, 0.1) is 7.11 Å². The summed E-state index contributed by atoms with van der Waals surface area (Å²) in [6, 6.07) is 3.85. The summed E-state index contributed by atoms with van der Waals surface area (Å²) < 4.78 is 18.0. The largest absolute Gasteiger partial charge is 0.467 e. The van der Waals surface area contributed by atoms with E-state index < -0.39 is 6.04 Å². The second-order valence-electron chi connectivity index (χ2n) is 4.99. The highest BCUT2D eigenvalue weighted by Gasteiger charge is 2.36. The van der Waals surface area contributed by atoms with Crippen LogP contribution >= 0.6 is 0 Å². The maximum atomic E-state index is 13.2. The first kappa shape index (κ1) is 13.5. The van der Waals surface area contributed by atoms with Crippen LogP contribution in [0.4, 0.5) is 4.39 Å². The molecule has 1 heterocycles. The summed E-state index contributed by atoms with van der Waals surface area (Å²) in [5, 5.41) is 8.13. The van der Waals surface area contributed by atoms with Crippen molar-refractivity contribution < 1.29 is 13.9 Å². The summed E-state index contributed by atoms with van der Waals surface area (Å²) in [6.07, 6.45) is 0. The van der Waals surface area contributed by atoms with Crippen molar-refractivity contribution in [1.29, 1.82) is 5.41 Å². The van der Waals surface area contributed by atoms with E-state index in [9.17, 15) is 9.18 Å². The number of benzene rings is 1. The predicted molar refractivity (Wildman–Crippen MR) is 69.4 cm³/mol. The molecule has 2 rings (SSSR count). The molecule has 1 aromatic rings. The SMILES string of the molecule is COC(=O)C(C(C)C)N1Cc2ccc(F)cc2C1=N. The van der Waals surface area contributed by atoms with E-state index in [1.54, 1.807) is 11.0 Å². The number of nitrogens with zero attached hydrogens (tertiary/aromatic N) is 1. The molecular formula is C14H17FN2O2. The van der Waals surface area contributed by atoms with Gasteiger partial charge < -0.3 is 9.64 Å². The van der Waals surface area contributed by atoms with E-state index in [4.69, 9.17) is 10.1 Å². The average Bonchev–Trinajstić information content (AvgIpc) is 2.67. The van der Waals surface area contributed by atoms with Gasteiger partial charge in [0.15, 0.2) is 0 Å². The minimum Gasteiger partial charge on any atom is -0.467 e. The second-order valence-corrected chi connectivity index (χ2v) is 4.99. The molecule has 0 saturated carbocycles. The molecular weight excluding hydrogens is 247 g/mol. The van der Waals surface area contributed by atoms with Gasteiger partial charge in [-0.3, -0.25) is 5.41 Å². The summed E-state index contributed by atoms with van der Waals surface area (Å²) in [7, 11) is 1.34. The van der Waals surface area contributed by atoms with E-state index in [-0.39, 0.29) is 23.5 Å². The Labute approximate surface area is 111 Å². The van der Waals surface area contributed by atoms with Crippen molar-refractivity contribution in [2.24, 2.45) is 5.92 Å². The van der Waals surface area contributed by atoms with Crippen LogP contribution in [0.2, 0.25) is 0 Å². The first-order valence-electron chi connectivity index (χ1n) is 6.17. The van der Waals surface area contributed by atoms with Crippen LogP contribution in [0.15, 0.2) is 18.2 Å². The van der Waals surface area contributed by atoms with Crippen molar-refractivity contribution in [2.45, 2.75) is 26.4 Å². The van der Waals surface area contributed by atoms with Gasteiger partial charge in [-0.2, -0.15) is 0 Å². The van der Waals surface area contributed by atoms with E-state index in [2.05, 4.69) is 0 Å². The first-order valence-corrected chi connectivity index (χ1v) is 6.17. The minimum atomic E-state index is -0.520. The molecule has 5 heteroatoms. The third-order valence-corrected chi connectivity index (χ3v) is 3.36. The van der Waals surface area contributed by atoms with Crippen molar-refractivity contribution in [3.8, 4) is 0 Å². The number of methoxy groups -OCH3 is 1. The summed E-state index contributed by atoms with van der Waals surface area (Å²) >= 11 is 0. The van der Waals surface area contributed by atoms with Gasteiger partial charge >= 0.3 is 5.97 Å². The van der Waals surface area contributed by atoms with Crippen LogP contribution in [0.5, 0.6) is 0 Å². The Kier molecular flexibility index (Phi) is 3.55. The minimum absolute atomic E-state index is 0.00644. The van der Waals surface area contributed by atoms with E-state index in [1.165, 1.54) is 19.2 Å². The third kappa shape index (κ3) is 2.32. The van der Waals surface area contributed by atoms with Gasteiger partial charge in [0, 0.05) is 12.1 Å². The highest BCUT2D eigenvalue weighted by molar-refractivity contribution is 6.02. The zero-order chi connectivity index (χ0) is 14.2. The molecule has 0 spiro atoms. The lowest BCUT2D eigenvalue weighted by Gasteiger charge is -2.29. The van der Waals surface area contributed by atoms with Crippen molar-refractivity contribution >= 4 is 11.8 Å². The molecule has 1 atom stereocenters. The van der Waals surface area contributed by atoms with Crippen molar-refractivity contribution in [2.75, 3.05) is 7.11 Å². The molecule has 1 unspecified atom stereocenters. The number of nitrogens with one attached hydrogen (secondary N) is 1. The molecule has 0 fully saturated rings. The molecule has 1 aliphatic rings. The first-order chi connectivity index (χ1) is 8.95. The summed E-state index contributed by atoms with van der Waals surface area (Å²) in [5.41, 5.74) is 1.41. The molecule has 1 aliphatic heterocycles. The smallest absolute Gasteiger partial charge is 0.328 e. The van der Waals surface area contributed by atoms with Crippen LogP contribution in [0, 0.1) is 17.1 Å². The molecule has 0 aromatic heterocycles. The molecule has 4 nitrogen and oxygen atoms in total. The number of carbonyl (C=O) groups is 1. The maximum Gasteiger partial charge on any atom is 0.328 e. The fourth-order valence-corrected chi connectivity index (χ4v) is 2.44. The summed E-state index contributed by atoms with van der Waals surface area (Å²) in [6.45, 7) is 4.24. The maximum absolute atomic E-state index is 13.2. The molecule has 1 N–H and O–H groups in total. The number of carbonyl (C=O) groups excluding carboxylic acids is 1. The van der Waals surface area contributed by atoms with E-state index in [0.717, 1.165) is 5.56 Å². The second kappa shape index (κ2) is 4.99. The monoisotopic (exact) mass is 264 g/mol. The topological polar surface area (TPSA) is 53.4 Å². The number of hydrogen-bond donors (Lipinski definition) is 1. The third-order valence-electron chi connectivity index (χ3n) is 3.36. The standard InChI is InChI=1S/C14H17FN2O2/c1-8(2)12(14(18)19-3)17-7-9-4-5-10(15)6-11(9)13(17)16/h4-6,8,12,16H,7H2,1-3H3.